The molecule has 0 aliphatic carbocycles. The van der Waals surface area contributed by atoms with Crippen LogP contribution in [-0.2, 0) is 6.54 Å². The SMILES string of the molecule is Cc1nc(C)c(CN=C(N)NC(C)C)s1. The molecule has 0 atom stereocenters. The molecule has 4 nitrogen and oxygen atoms in total. The summed E-state index contributed by atoms with van der Waals surface area (Å²) in [4.78, 5) is 9.78. The molecule has 15 heavy (non-hydrogen) atoms. The minimum Gasteiger partial charge on any atom is -0.370 e. The smallest absolute Gasteiger partial charge is 0.189 e. The molecule has 0 saturated carbocycles. The predicted octanol–water partition coefficient (Wildman–Crippen LogP) is 1.57. The molecule has 84 valence electrons. The second-order valence-corrected chi connectivity index (χ2v) is 5.03. The molecule has 0 saturated heterocycles. The summed E-state index contributed by atoms with van der Waals surface area (Å²) in [5, 5.41) is 4.13. The van der Waals surface area contributed by atoms with E-state index in [1.807, 2.05) is 27.7 Å². The molecule has 0 spiro atoms. The Hall–Kier alpha value is -1.10. The molecule has 0 bridgehead atoms. The summed E-state index contributed by atoms with van der Waals surface area (Å²) in [6, 6.07) is 0.318. The Labute approximate surface area is 94.6 Å². The summed E-state index contributed by atoms with van der Waals surface area (Å²) in [5.41, 5.74) is 6.76. The van der Waals surface area contributed by atoms with E-state index in [0.717, 1.165) is 10.7 Å². The molecular weight excluding hydrogens is 208 g/mol. The van der Waals surface area contributed by atoms with E-state index >= 15 is 0 Å². The number of guanidine groups is 1. The highest BCUT2D eigenvalue weighted by molar-refractivity contribution is 7.11. The highest BCUT2D eigenvalue weighted by Gasteiger charge is 2.03. The number of aliphatic imine (C=N–C) groups is 1. The number of aromatic nitrogens is 1. The lowest BCUT2D eigenvalue weighted by molar-refractivity contribution is 0.724. The maximum absolute atomic E-state index is 5.70. The summed E-state index contributed by atoms with van der Waals surface area (Å²) in [6.45, 7) is 8.68. The van der Waals surface area contributed by atoms with Gasteiger partial charge >= 0.3 is 0 Å². The number of nitrogens with two attached hydrogens (primary N) is 1. The van der Waals surface area contributed by atoms with Gasteiger partial charge in [0, 0.05) is 10.9 Å². The van der Waals surface area contributed by atoms with Crippen LogP contribution in [0.4, 0.5) is 0 Å². The van der Waals surface area contributed by atoms with Gasteiger partial charge < -0.3 is 11.1 Å². The monoisotopic (exact) mass is 226 g/mol. The third-order valence-electron chi connectivity index (χ3n) is 1.83. The van der Waals surface area contributed by atoms with Gasteiger partial charge in [0.2, 0.25) is 0 Å². The van der Waals surface area contributed by atoms with E-state index in [9.17, 15) is 0 Å². The van der Waals surface area contributed by atoms with E-state index in [1.165, 1.54) is 4.88 Å². The number of hydrogen-bond donors (Lipinski definition) is 2. The standard InChI is InChI=1S/C10H18N4S/c1-6(2)13-10(11)12-5-9-7(3)14-8(4)15-9/h6H,5H2,1-4H3,(H3,11,12,13). The summed E-state index contributed by atoms with van der Waals surface area (Å²) in [6.07, 6.45) is 0. The number of nitrogens with one attached hydrogen (secondary N) is 1. The van der Waals surface area contributed by atoms with Crippen LogP contribution in [0.1, 0.15) is 29.4 Å². The Bertz CT molecular complexity index is 354. The number of thiazole rings is 1. The van der Waals surface area contributed by atoms with Crippen molar-refractivity contribution < 1.29 is 0 Å². The zero-order valence-electron chi connectivity index (χ0n) is 9.66. The quantitative estimate of drug-likeness (QED) is 0.607. The molecule has 3 N–H and O–H groups in total. The average molecular weight is 226 g/mol. The zero-order valence-corrected chi connectivity index (χ0v) is 10.5. The third-order valence-corrected chi connectivity index (χ3v) is 2.89. The van der Waals surface area contributed by atoms with Gasteiger partial charge in [-0.1, -0.05) is 0 Å². The van der Waals surface area contributed by atoms with Crippen LogP contribution in [0, 0.1) is 13.8 Å². The summed E-state index contributed by atoms with van der Waals surface area (Å²) in [5.74, 6) is 0.496. The van der Waals surface area contributed by atoms with Crippen LogP contribution in [0.25, 0.3) is 0 Å². The number of rotatable bonds is 3. The van der Waals surface area contributed by atoms with E-state index < -0.39 is 0 Å². The molecule has 0 unspecified atom stereocenters. The van der Waals surface area contributed by atoms with E-state index in [2.05, 4.69) is 15.3 Å². The average Bonchev–Trinajstić information content (AvgIpc) is 2.40. The van der Waals surface area contributed by atoms with Gasteiger partial charge in [-0.05, 0) is 27.7 Å². The topological polar surface area (TPSA) is 63.3 Å². The lowest BCUT2D eigenvalue weighted by atomic mass is 10.4. The predicted molar refractivity (Wildman–Crippen MR) is 65.2 cm³/mol. The number of hydrogen-bond acceptors (Lipinski definition) is 3. The van der Waals surface area contributed by atoms with Crippen molar-refractivity contribution in [2.24, 2.45) is 10.7 Å². The molecule has 0 aliphatic rings. The fraction of sp³-hybridized carbons (Fsp3) is 0.600. The molecule has 0 aliphatic heterocycles. The summed E-state index contributed by atoms with van der Waals surface area (Å²) < 4.78 is 0. The first kappa shape index (κ1) is 12.0. The fourth-order valence-electron chi connectivity index (χ4n) is 1.22. The van der Waals surface area contributed by atoms with Gasteiger partial charge in [0.1, 0.15) is 0 Å². The molecular formula is C10H18N4S. The highest BCUT2D eigenvalue weighted by atomic mass is 32.1. The van der Waals surface area contributed by atoms with Crippen LogP contribution in [0.5, 0.6) is 0 Å². The van der Waals surface area contributed by atoms with Crippen molar-refractivity contribution in [1.82, 2.24) is 10.3 Å². The largest absolute Gasteiger partial charge is 0.370 e. The van der Waals surface area contributed by atoms with Crippen LogP contribution in [0.15, 0.2) is 4.99 Å². The van der Waals surface area contributed by atoms with Crippen LogP contribution in [0.2, 0.25) is 0 Å². The molecule has 0 aromatic carbocycles. The molecule has 1 aromatic heterocycles. The van der Waals surface area contributed by atoms with Crippen molar-refractivity contribution in [3.63, 3.8) is 0 Å². The molecule has 1 heterocycles. The summed E-state index contributed by atoms with van der Waals surface area (Å²) >= 11 is 1.67. The van der Waals surface area contributed by atoms with Gasteiger partial charge in [-0.3, -0.25) is 0 Å². The van der Waals surface area contributed by atoms with Gasteiger partial charge in [0.15, 0.2) is 5.96 Å². The third kappa shape index (κ3) is 3.87. The Morgan fingerprint density at radius 2 is 2.20 bits per heavy atom. The minimum absolute atomic E-state index is 0.318. The Morgan fingerprint density at radius 1 is 1.53 bits per heavy atom. The van der Waals surface area contributed by atoms with Crippen LogP contribution in [-0.4, -0.2) is 17.0 Å². The first-order chi connectivity index (χ1) is 6.99. The van der Waals surface area contributed by atoms with Crippen molar-refractivity contribution in [3.8, 4) is 0 Å². The summed E-state index contributed by atoms with van der Waals surface area (Å²) in [7, 11) is 0. The van der Waals surface area contributed by atoms with Crippen LogP contribution in [0.3, 0.4) is 0 Å². The van der Waals surface area contributed by atoms with E-state index in [0.29, 0.717) is 18.5 Å². The molecule has 0 amide bonds. The second-order valence-electron chi connectivity index (χ2n) is 3.74. The van der Waals surface area contributed by atoms with Crippen molar-refractivity contribution in [2.75, 3.05) is 0 Å². The molecule has 1 rings (SSSR count). The number of aryl methyl sites for hydroxylation is 2. The number of nitrogens with zero attached hydrogens (tertiary/aromatic N) is 2. The first-order valence-electron chi connectivity index (χ1n) is 4.98. The molecule has 1 aromatic rings. The van der Waals surface area contributed by atoms with Crippen molar-refractivity contribution in [2.45, 2.75) is 40.3 Å². The highest BCUT2D eigenvalue weighted by Crippen LogP contribution is 2.17. The molecule has 0 radical (unpaired) electrons. The van der Waals surface area contributed by atoms with Crippen molar-refractivity contribution >= 4 is 17.3 Å². The molecule has 5 heteroatoms. The lowest BCUT2D eigenvalue weighted by Gasteiger charge is -2.07. The Morgan fingerprint density at radius 3 is 2.67 bits per heavy atom. The fourth-order valence-corrected chi connectivity index (χ4v) is 2.08. The lowest BCUT2D eigenvalue weighted by Crippen LogP contribution is -2.36. The van der Waals surface area contributed by atoms with E-state index in [-0.39, 0.29) is 0 Å². The zero-order chi connectivity index (χ0) is 11.4. The Balaban J connectivity index is 2.59. The van der Waals surface area contributed by atoms with Gasteiger partial charge in [0.05, 0.1) is 17.2 Å². The van der Waals surface area contributed by atoms with Crippen molar-refractivity contribution in [1.29, 1.82) is 0 Å². The van der Waals surface area contributed by atoms with Gasteiger partial charge in [-0.2, -0.15) is 0 Å². The Kier molecular flexibility index (Phi) is 4.08. The van der Waals surface area contributed by atoms with Gasteiger partial charge in [0.25, 0.3) is 0 Å². The normalized spacial score (nSPS) is 12.2. The van der Waals surface area contributed by atoms with E-state index in [1.54, 1.807) is 11.3 Å². The van der Waals surface area contributed by atoms with Gasteiger partial charge in [-0.15, -0.1) is 11.3 Å². The second kappa shape index (κ2) is 5.11. The first-order valence-corrected chi connectivity index (χ1v) is 5.80. The minimum atomic E-state index is 0.318. The van der Waals surface area contributed by atoms with Crippen molar-refractivity contribution in [3.05, 3.63) is 15.6 Å². The van der Waals surface area contributed by atoms with E-state index in [4.69, 9.17) is 5.73 Å². The van der Waals surface area contributed by atoms with Crippen LogP contribution < -0.4 is 11.1 Å². The maximum atomic E-state index is 5.70. The van der Waals surface area contributed by atoms with Gasteiger partial charge in [-0.25, -0.2) is 9.98 Å². The maximum Gasteiger partial charge on any atom is 0.189 e. The van der Waals surface area contributed by atoms with Crippen LogP contribution >= 0.6 is 11.3 Å². The molecule has 0 fully saturated rings.